The molecule has 0 radical (unpaired) electrons. The van der Waals surface area contributed by atoms with E-state index in [0.717, 1.165) is 16.2 Å². The fraction of sp³-hybridized carbons (Fsp3) is 0.200. The number of pyridine rings is 1. The van der Waals surface area contributed by atoms with Gasteiger partial charge in [-0.3, -0.25) is 4.79 Å². The number of nitrogens with zero attached hydrogens (tertiary/aromatic N) is 1. The van der Waals surface area contributed by atoms with Crippen molar-refractivity contribution >= 4 is 17.5 Å². The summed E-state index contributed by atoms with van der Waals surface area (Å²) in [5, 5.41) is 0.884. The average Bonchev–Trinajstić information content (AvgIpc) is 2.40. The first-order valence-electron chi connectivity index (χ1n) is 5.81. The number of hydrogen-bond donors (Lipinski definition) is 0. The first-order valence-corrected chi connectivity index (χ1v) is 6.79. The zero-order valence-electron chi connectivity index (χ0n) is 10.5. The molecule has 1 heterocycles. The largest absolute Gasteiger partial charge is 0.293 e. The number of Topliss-reactive ketones (excluding diaryl/α,β-unsaturated/α-hetero) is 1. The van der Waals surface area contributed by atoms with Crippen LogP contribution in [0.15, 0.2) is 47.6 Å². The summed E-state index contributed by atoms with van der Waals surface area (Å²) in [7, 11) is 0. The second-order valence-electron chi connectivity index (χ2n) is 4.18. The molecule has 2 nitrogen and oxygen atoms in total. The summed E-state index contributed by atoms with van der Waals surface area (Å²) in [5.74, 6) is 0.577. The predicted molar refractivity (Wildman–Crippen MR) is 75.2 cm³/mol. The number of thioether (sulfide) groups is 1. The molecular formula is C15H15NOS. The molecule has 2 rings (SSSR count). The van der Waals surface area contributed by atoms with Gasteiger partial charge in [0, 0.05) is 11.8 Å². The normalized spacial score (nSPS) is 10.3. The van der Waals surface area contributed by atoms with E-state index in [2.05, 4.69) is 4.98 Å². The molecule has 0 saturated carbocycles. The van der Waals surface area contributed by atoms with Gasteiger partial charge in [-0.1, -0.05) is 30.0 Å². The van der Waals surface area contributed by atoms with Crippen molar-refractivity contribution in [1.29, 1.82) is 0 Å². The topological polar surface area (TPSA) is 30.0 Å². The summed E-state index contributed by atoms with van der Waals surface area (Å²) in [4.78, 5) is 16.2. The zero-order valence-corrected chi connectivity index (χ0v) is 11.3. The summed E-state index contributed by atoms with van der Waals surface area (Å²) in [5.41, 5.74) is 3.15. The number of hydrogen-bond acceptors (Lipinski definition) is 3. The van der Waals surface area contributed by atoms with E-state index >= 15 is 0 Å². The van der Waals surface area contributed by atoms with E-state index in [1.807, 2.05) is 50.2 Å². The molecule has 0 aliphatic rings. The van der Waals surface area contributed by atoms with Crippen molar-refractivity contribution in [3.8, 4) is 0 Å². The molecule has 2 aromatic rings. The zero-order chi connectivity index (χ0) is 13.0. The Hall–Kier alpha value is -1.61. The number of aromatic nitrogens is 1. The Bertz CT molecular complexity index is 552. The number of aryl methyl sites for hydroxylation is 2. The molecule has 0 atom stereocenters. The maximum Gasteiger partial charge on any atom is 0.173 e. The Morgan fingerprint density at radius 2 is 2.00 bits per heavy atom. The van der Waals surface area contributed by atoms with Gasteiger partial charge in [0.25, 0.3) is 0 Å². The van der Waals surface area contributed by atoms with Crippen LogP contribution in [0.2, 0.25) is 0 Å². The number of carbonyl (C=O) groups excluding carboxylic acids is 1. The maximum absolute atomic E-state index is 12.0. The fourth-order valence-electron chi connectivity index (χ4n) is 1.57. The Kier molecular flexibility index (Phi) is 4.15. The Balaban J connectivity index is 2.02. The van der Waals surface area contributed by atoms with E-state index in [4.69, 9.17) is 0 Å². The summed E-state index contributed by atoms with van der Waals surface area (Å²) in [6.45, 7) is 4.07. The molecule has 0 amide bonds. The molecule has 0 saturated heterocycles. The van der Waals surface area contributed by atoms with Crippen LogP contribution >= 0.6 is 11.8 Å². The summed E-state index contributed by atoms with van der Waals surface area (Å²) in [6, 6.07) is 11.6. The van der Waals surface area contributed by atoms with Crippen molar-refractivity contribution in [2.75, 3.05) is 5.75 Å². The van der Waals surface area contributed by atoms with Crippen LogP contribution in [0.25, 0.3) is 0 Å². The molecular weight excluding hydrogens is 242 g/mol. The van der Waals surface area contributed by atoms with Crippen molar-refractivity contribution in [1.82, 2.24) is 4.98 Å². The van der Waals surface area contributed by atoms with Crippen molar-refractivity contribution < 1.29 is 4.79 Å². The lowest BCUT2D eigenvalue weighted by molar-refractivity contribution is 0.102. The van der Waals surface area contributed by atoms with Crippen LogP contribution in [0.1, 0.15) is 21.5 Å². The predicted octanol–water partition coefficient (Wildman–Crippen LogP) is 3.67. The third kappa shape index (κ3) is 3.20. The van der Waals surface area contributed by atoms with Crippen LogP contribution in [0.3, 0.4) is 0 Å². The van der Waals surface area contributed by atoms with Gasteiger partial charge in [0.05, 0.1) is 10.8 Å². The maximum atomic E-state index is 12.0. The highest BCUT2D eigenvalue weighted by atomic mass is 32.2. The Morgan fingerprint density at radius 1 is 1.17 bits per heavy atom. The SMILES string of the molecule is Cc1ccc(C(=O)CSc2ccccn2)cc1C. The smallest absolute Gasteiger partial charge is 0.173 e. The lowest BCUT2D eigenvalue weighted by atomic mass is 10.0. The van der Waals surface area contributed by atoms with E-state index in [-0.39, 0.29) is 5.78 Å². The molecule has 0 spiro atoms. The second kappa shape index (κ2) is 5.83. The number of rotatable bonds is 4. The highest BCUT2D eigenvalue weighted by Crippen LogP contribution is 2.17. The molecule has 1 aromatic heterocycles. The molecule has 1 aromatic carbocycles. The third-order valence-corrected chi connectivity index (χ3v) is 3.76. The number of benzene rings is 1. The Morgan fingerprint density at radius 3 is 2.67 bits per heavy atom. The van der Waals surface area contributed by atoms with Gasteiger partial charge in [0.2, 0.25) is 0 Å². The molecule has 0 N–H and O–H groups in total. The van der Waals surface area contributed by atoms with Gasteiger partial charge in [-0.25, -0.2) is 4.98 Å². The highest BCUT2D eigenvalue weighted by molar-refractivity contribution is 7.99. The first-order chi connectivity index (χ1) is 8.66. The van der Waals surface area contributed by atoms with E-state index in [9.17, 15) is 4.79 Å². The molecule has 0 fully saturated rings. The van der Waals surface area contributed by atoms with Gasteiger partial charge in [-0.05, 0) is 43.2 Å². The monoisotopic (exact) mass is 257 g/mol. The number of ketones is 1. The standard InChI is InChI=1S/C15H15NOS/c1-11-6-7-13(9-12(11)2)14(17)10-18-15-5-3-4-8-16-15/h3-9H,10H2,1-2H3. The third-order valence-electron chi connectivity index (χ3n) is 2.82. The van der Waals surface area contributed by atoms with Gasteiger partial charge in [0.1, 0.15) is 0 Å². The van der Waals surface area contributed by atoms with Crippen LogP contribution in [0.4, 0.5) is 0 Å². The second-order valence-corrected chi connectivity index (χ2v) is 5.17. The van der Waals surface area contributed by atoms with Gasteiger partial charge >= 0.3 is 0 Å². The van der Waals surface area contributed by atoms with E-state index in [1.165, 1.54) is 17.3 Å². The van der Waals surface area contributed by atoms with E-state index in [1.54, 1.807) is 6.20 Å². The van der Waals surface area contributed by atoms with Crippen molar-refractivity contribution in [2.45, 2.75) is 18.9 Å². The molecule has 3 heteroatoms. The Labute approximate surface area is 111 Å². The molecule has 0 bridgehead atoms. The van der Waals surface area contributed by atoms with Gasteiger partial charge in [0.15, 0.2) is 5.78 Å². The molecule has 0 unspecified atom stereocenters. The van der Waals surface area contributed by atoms with E-state index < -0.39 is 0 Å². The van der Waals surface area contributed by atoms with Crippen molar-refractivity contribution in [2.24, 2.45) is 0 Å². The minimum atomic E-state index is 0.147. The lowest BCUT2D eigenvalue weighted by Gasteiger charge is -2.04. The molecule has 92 valence electrons. The van der Waals surface area contributed by atoms with Crippen molar-refractivity contribution in [3.05, 3.63) is 59.3 Å². The quantitative estimate of drug-likeness (QED) is 0.618. The molecule has 18 heavy (non-hydrogen) atoms. The summed E-state index contributed by atoms with van der Waals surface area (Å²) in [6.07, 6.45) is 1.74. The average molecular weight is 257 g/mol. The fourth-order valence-corrected chi connectivity index (χ4v) is 2.33. The van der Waals surface area contributed by atoms with Gasteiger partial charge in [-0.15, -0.1) is 0 Å². The van der Waals surface area contributed by atoms with Gasteiger partial charge in [-0.2, -0.15) is 0 Å². The van der Waals surface area contributed by atoms with Crippen LogP contribution in [-0.2, 0) is 0 Å². The summed E-state index contributed by atoms with van der Waals surface area (Å²) < 4.78 is 0. The van der Waals surface area contributed by atoms with Crippen LogP contribution in [-0.4, -0.2) is 16.5 Å². The van der Waals surface area contributed by atoms with Crippen LogP contribution < -0.4 is 0 Å². The van der Waals surface area contributed by atoms with E-state index in [0.29, 0.717) is 5.75 Å². The van der Waals surface area contributed by atoms with Gasteiger partial charge < -0.3 is 0 Å². The molecule has 0 aliphatic heterocycles. The minimum Gasteiger partial charge on any atom is -0.293 e. The van der Waals surface area contributed by atoms with Crippen LogP contribution in [0, 0.1) is 13.8 Å². The first kappa shape index (κ1) is 12.8. The lowest BCUT2D eigenvalue weighted by Crippen LogP contribution is -2.03. The highest BCUT2D eigenvalue weighted by Gasteiger charge is 2.07. The number of carbonyl (C=O) groups is 1. The van der Waals surface area contributed by atoms with Crippen LogP contribution in [0.5, 0.6) is 0 Å². The molecule has 0 aliphatic carbocycles. The summed E-state index contributed by atoms with van der Waals surface area (Å²) >= 11 is 1.47. The minimum absolute atomic E-state index is 0.147. The van der Waals surface area contributed by atoms with Crippen molar-refractivity contribution in [3.63, 3.8) is 0 Å².